The number of aliphatic hydroxyl groups excluding tert-OH is 1. The summed E-state index contributed by atoms with van der Waals surface area (Å²) in [4.78, 5) is 0. The topological polar surface area (TPSA) is 69.9 Å². The molecule has 0 aliphatic carbocycles. The maximum atomic E-state index is 8.44. The first-order chi connectivity index (χ1) is 6.43. The molecule has 0 aromatic heterocycles. The predicted octanol–water partition coefficient (Wildman–Crippen LogP) is 0.891. The third kappa shape index (κ3) is 17.8. The van der Waals surface area contributed by atoms with Crippen LogP contribution in [0.4, 0.5) is 0 Å². The zero-order valence-corrected chi connectivity index (χ0v) is 9.66. The molecule has 4 nitrogen and oxygen atoms in total. The van der Waals surface area contributed by atoms with Gasteiger partial charge < -0.3 is 20.1 Å². The van der Waals surface area contributed by atoms with Crippen molar-refractivity contribution >= 4 is 0 Å². The fourth-order valence-electron chi connectivity index (χ4n) is 0.788. The Morgan fingerprint density at radius 3 is 1.86 bits per heavy atom. The van der Waals surface area contributed by atoms with E-state index in [-0.39, 0.29) is 12.7 Å². The zero-order valence-electron chi connectivity index (χ0n) is 9.66. The van der Waals surface area contributed by atoms with Crippen molar-refractivity contribution in [2.45, 2.75) is 52.4 Å². The molecule has 14 heavy (non-hydrogen) atoms. The van der Waals surface area contributed by atoms with E-state index < -0.39 is 5.79 Å². The molecule has 1 aliphatic rings. The van der Waals surface area contributed by atoms with Crippen molar-refractivity contribution in [1.82, 2.24) is 0 Å². The summed E-state index contributed by atoms with van der Waals surface area (Å²) in [6.07, 6.45) is 2.31. The van der Waals surface area contributed by atoms with Crippen molar-refractivity contribution in [1.29, 1.82) is 0 Å². The van der Waals surface area contributed by atoms with Crippen LogP contribution in [-0.2, 0) is 4.74 Å². The summed E-state index contributed by atoms with van der Waals surface area (Å²) in [6, 6.07) is 0. The predicted molar refractivity (Wildman–Crippen MR) is 55.9 cm³/mol. The molecule has 0 radical (unpaired) electrons. The second-order valence-electron chi connectivity index (χ2n) is 3.31. The van der Waals surface area contributed by atoms with E-state index in [1.54, 1.807) is 0 Å². The van der Waals surface area contributed by atoms with Crippen molar-refractivity contribution < 1.29 is 20.1 Å². The van der Waals surface area contributed by atoms with Gasteiger partial charge in [0, 0.05) is 6.61 Å². The van der Waals surface area contributed by atoms with E-state index in [9.17, 15) is 0 Å². The molecule has 1 saturated heterocycles. The van der Waals surface area contributed by atoms with Crippen molar-refractivity contribution in [3.8, 4) is 0 Å². The number of hydrogen-bond acceptors (Lipinski definition) is 4. The van der Waals surface area contributed by atoms with Gasteiger partial charge in [-0.3, -0.25) is 0 Å². The maximum Gasteiger partial charge on any atom is 0.156 e. The van der Waals surface area contributed by atoms with Crippen LogP contribution >= 0.6 is 0 Å². The molecular formula is C10H24O4. The van der Waals surface area contributed by atoms with E-state index in [1.165, 1.54) is 13.8 Å². The Balaban J connectivity index is 0. The summed E-state index contributed by atoms with van der Waals surface area (Å²) in [7, 11) is 0. The van der Waals surface area contributed by atoms with Gasteiger partial charge in [-0.1, -0.05) is 13.8 Å². The van der Waals surface area contributed by atoms with Gasteiger partial charge in [-0.2, -0.15) is 0 Å². The van der Waals surface area contributed by atoms with Gasteiger partial charge in [-0.05, 0) is 26.7 Å². The Kier molecular flexibility index (Phi) is 10.9. The highest BCUT2D eigenvalue weighted by molar-refractivity contribution is 4.61. The summed E-state index contributed by atoms with van der Waals surface area (Å²) < 4.78 is 5.05. The Hall–Kier alpha value is -0.160. The minimum Gasteiger partial charge on any atom is -0.394 e. The quantitative estimate of drug-likeness (QED) is 0.560. The van der Waals surface area contributed by atoms with Crippen LogP contribution in [0, 0.1) is 0 Å². The number of aliphatic hydroxyl groups is 3. The van der Waals surface area contributed by atoms with Gasteiger partial charge in [0.2, 0.25) is 0 Å². The lowest BCUT2D eigenvalue weighted by molar-refractivity contribution is -0.127. The van der Waals surface area contributed by atoms with E-state index >= 15 is 0 Å². The first-order valence-corrected chi connectivity index (χ1v) is 5.10. The normalized spacial score (nSPS) is 20.4. The molecule has 0 aromatic carbocycles. The lowest BCUT2D eigenvalue weighted by atomic mass is 10.2. The Morgan fingerprint density at radius 1 is 1.29 bits per heavy atom. The lowest BCUT2D eigenvalue weighted by Gasteiger charge is -2.03. The summed E-state index contributed by atoms with van der Waals surface area (Å²) in [5.41, 5.74) is 0. The van der Waals surface area contributed by atoms with Crippen LogP contribution in [0.3, 0.4) is 0 Å². The molecule has 1 heterocycles. The fraction of sp³-hybridized carbons (Fsp3) is 1.00. The second-order valence-corrected chi connectivity index (χ2v) is 3.31. The summed E-state index contributed by atoms with van der Waals surface area (Å²) in [6.45, 7) is 7.63. The van der Waals surface area contributed by atoms with Gasteiger partial charge in [-0.25, -0.2) is 0 Å². The highest BCUT2D eigenvalue weighted by Gasteiger charge is 2.12. The average Bonchev–Trinajstić information content (AvgIpc) is 2.56. The molecule has 88 valence electrons. The van der Waals surface area contributed by atoms with Gasteiger partial charge in [0.1, 0.15) is 0 Å². The Morgan fingerprint density at radius 2 is 1.71 bits per heavy atom. The molecule has 1 atom stereocenters. The first kappa shape index (κ1) is 16.3. The van der Waals surface area contributed by atoms with Gasteiger partial charge >= 0.3 is 0 Å². The van der Waals surface area contributed by atoms with E-state index in [0.29, 0.717) is 0 Å². The third-order valence-corrected chi connectivity index (χ3v) is 1.23. The monoisotopic (exact) mass is 208 g/mol. The van der Waals surface area contributed by atoms with Crippen molar-refractivity contribution in [3.63, 3.8) is 0 Å². The highest BCUT2D eigenvalue weighted by atomic mass is 16.5. The van der Waals surface area contributed by atoms with Crippen LogP contribution in [0.15, 0.2) is 0 Å². The lowest BCUT2D eigenvalue weighted by Crippen LogP contribution is -2.15. The number of rotatable bonds is 1. The second kappa shape index (κ2) is 9.40. The highest BCUT2D eigenvalue weighted by Crippen LogP contribution is 2.09. The van der Waals surface area contributed by atoms with E-state index in [2.05, 4.69) is 0 Å². The fourth-order valence-corrected chi connectivity index (χ4v) is 0.788. The Bertz CT molecular complexity index is 97.2. The molecule has 4 heteroatoms. The molecule has 1 unspecified atom stereocenters. The summed E-state index contributed by atoms with van der Waals surface area (Å²) in [5, 5.41) is 24.6. The Labute approximate surface area is 86.5 Å². The standard InChI is InChI=1S/C5H10O2.C3H8O2.C2H6/c6-4-5-2-1-3-7-5;1-3(2,4)5;1-2/h5-6H,1-4H2;4-5H,1-2H3;1-2H3. The first-order valence-electron chi connectivity index (χ1n) is 5.10. The van der Waals surface area contributed by atoms with Crippen LogP contribution in [0.2, 0.25) is 0 Å². The van der Waals surface area contributed by atoms with Crippen molar-refractivity contribution in [2.24, 2.45) is 0 Å². The molecule has 3 N–H and O–H groups in total. The molecule has 0 aromatic rings. The van der Waals surface area contributed by atoms with E-state index in [4.69, 9.17) is 20.1 Å². The molecule has 0 spiro atoms. The summed E-state index contributed by atoms with van der Waals surface area (Å²) in [5.74, 6) is -1.50. The molecule has 1 rings (SSSR count). The van der Waals surface area contributed by atoms with Crippen LogP contribution in [0.1, 0.15) is 40.5 Å². The molecule has 1 aliphatic heterocycles. The van der Waals surface area contributed by atoms with Gasteiger partial charge in [-0.15, -0.1) is 0 Å². The average molecular weight is 208 g/mol. The van der Waals surface area contributed by atoms with Crippen molar-refractivity contribution in [3.05, 3.63) is 0 Å². The third-order valence-electron chi connectivity index (χ3n) is 1.23. The van der Waals surface area contributed by atoms with E-state index in [1.807, 2.05) is 13.8 Å². The molecule has 0 saturated carbocycles. The molecule has 0 amide bonds. The molecule has 0 bridgehead atoms. The SMILES string of the molecule is CC.CC(C)(O)O.OCC1CCCO1. The number of hydrogen-bond donors (Lipinski definition) is 3. The van der Waals surface area contributed by atoms with Gasteiger partial charge in [0.05, 0.1) is 12.7 Å². The van der Waals surface area contributed by atoms with Crippen LogP contribution in [0.5, 0.6) is 0 Å². The van der Waals surface area contributed by atoms with Crippen LogP contribution < -0.4 is 0 Å². The van der Waals surface area contributed by atoms with Gasteiger partial charge in [0.25, 0.3) is 0 Å². The minimum absolute atomic E-state index is 0.153. The largest absolute Gasteiger partial charge is 0.394 e. The van der Waals surface area contributed by atoms with Gasteiger partial charge in [0.15, 0.2) is 5.79 Å². The van der Waals surface area contributed by atoms with Crippen molar-refractivity contribution in [2.75, 3.05) is 13.2 Å². The summed E-state index contributed by atoms with van der Waals surface area (Å²) >= 11 is 0. The minimum atomic E-state index is -1.50. The van der Waals surface area contributed by atoms with Crippen LogP contribution in [0.25, 0.3) is 0 Å². The van der Waals surface area contributed by atoms with E-state index in [0.717, 1.165) is 19.4 Å². The molecule has 1 fully saturated rings. The van der Waals surface area contributed by atoms with Crippen LogP contribution in [-0.4, -0.2) is 40.4 Å². The maximum absolute atomic E-state index is 8.44. The zero-order chi connectivity index (χ0) is 11.6. The smallest absolute Gasteiger partial charge is 0.156 e. The molecular weight excluding hydrogens is 184 g/mol. The number of ether oxygens (including phenoxy) is 1.